The van der Waals surface area contributed by atoms with Crippen molar-refractivity contribution in [2.24, 2.45) is 5.92 Å². The van der Waals surface area contributed by atoms with Gasteiger partial charge in [-0.15, -0.1) is 0 Å². The normalized spacial score (nSPS) is 13.6. The number of benzene rings is 2. The molecule has 0 spiro atoms. The molecule has 0 saturated carbocycles. The van der Waals surface area contributed by atoms with E-state index < -0.39 is 5.97 Å². The van der Waals surface area contributed by atoms with Crippen molar-refractivity contribution < 1.29 is 14.6 Å². The molecule has 0 unspecified atom stereocenters. The molecule has 0 aliphatic carbocycles. The van der Waals surface area contributed by atoms with E-state index in [0.717, 1.165) is 30.2 Å². The Morgan fingerprint density at radius 3 is 2.25 bits per heavy atom. The van der Waals surface area contributed by atoms with Crippen molar-refractivity contribution in [2.75, 3.05) is 11.5 Å². The third-order valence-corrected chi connectivity index (χ3v) is 6.09. The van der Waals surface area contributed by atoms with Crippen LogP contribution in [0, 0.1) is 5.92 Å². The van der Waals surface area contributed by atoms with Crippen LogP contribution in [0.25, 0.3) is 0 Å². The fourth-order valence-electron chi connectivity index (χ4n) is 3.73. The van der Waals surface area contributed by atoms with Crippen molar-refractivity contribution in [3.63, 3.8) is 0 Å². The number of hydrogen-bond acceptors (Lipinski definition) is 3. The van der Waals surface area contributed by atoms with Crippen LogP contribution >= 0.6 is 0 Å². The molecule has 0 amide bonds. The van der Waals surface area contributed by atoms with Gasteiger partial charge in [0.2, 0.25) is 0 Å². The number of carboxylic acids is 1. The Balaban J connectivity index is 2.13. The molecule has 0 fully saturated rings. The molecule has 150 valence electrons. The summed E-state index contributed by atoms with van der Waals surface area (Å²) >= 11 is 0. The van der Waals surface area contributed by atoms with E-state index in [1.807, 2.05) is 12.1 Å². The highest BCUT2D eigenvalue weighted by molar-refractivity contribution is 5.88. The molecule has 1 N–H and O–H groups in total. The van der Waals surface area contributed by atoms with Gasteiger partial charge in [-0.3, -0.25) is 0 Å². The Morgan fingerprint density at radius 2 is 1.71 bits per heavy atom. The SMILES string of the molecule is CC(C)N(c1ccc(C(=O)O)cc1)c1cc2c(c(C(C)(C)C(C)C)c1)OCC2. The average molecular weight is 382 g/mol. The molecule has 4 nitrogen and oxygen atoms in total. The molecule has 0 atom stereocenters. The fraction of sp³-hybridized carbons (Fsp3) is 0.458. The molecule has 1 heterocycles. The van der Waals surface area contributed by atoms with Crippen LogP contribution in [0.2, 0.25) is 0 Å². The zero-order chi connectivity index (χ0) is 20.6. The van der Waals surface area contributed by atoms with Gasteiger partial charge in [-0.25, -0.2) is 4.79 Å². The summed E-state index contributed by atoms with van der Waals surface area (Å²) in [6.45, 7) is 14.1. The topological polar surface area (TPSA) is 49.8 Å². The van der Waals surface area contributed by atoms with E-state index in [0.29, 0.717) is 11.5 Å². The van der Waals surface area contributed by atoms with Crippen LogP contribution in [0.1, 0.15) is 63.0 Å². The van der Waals surface area contributed by atoms with Gasteiger partial charge in [0.25, 0.3) is 0 Å². The van der Waals surface area contributed by atoms with Crippen LogP contribution < -0.4 is 9.64 Å². The van der Waals surface area contributed by atoms with Gasteiger partial charge >= 0.3 is 5.97 Å². The summed E-state index contributed by atoms with van der Waals surface area (Å²) in [4.78, 5) is 13.5. The number of hydrogen-bond donors (Lipinski definition) is 1. The van der Waals surface area contributed by atoms with E-state index >= 15 is 0 Å². The minimum absolute atomic E-state index is 0.0136. The van der Waals surface area contributed by atoms with Crippen LogP contribution in [-0.4, -0.2) is 23.7 Å². The van der Waals surface area contributed by atoms with Crippen molar-refractivity contribution in [1.29, 1.82) is 0 Å². The van der Waals surface area contributed by atoms with Crippen molar-refractivity contribution in [3.8, 4) is 5.75 Å². The van der Waals surface area contributed by atoms with Gasteiger partial charge in [0.1, 0.15) is 5.75 Å². The largest absolute Gasteiger partial charge is 0.493 e. The molecule has 4 heteroatoms. The van der Waals surface area contributed by atoms with Crippen molar-refractivity contribution >= 4 is 17.3 Å². The number of fused-ring (bicyclic) bond motifs is 1. The van der Waals surface area contributed by atoms with E-state index in [1.165, 1.54) is 11.1 Å². The van der Waals surface area contributed by atoms with Crippen LogP contribution in [-0.2, 0) is 11.8 Å². The molecule has 0 saturated heterocycles. The fourth-order valence-corrected chi connectivity index (χ4v) is 3.73. The Labute approximate surface area is 168 Å². The third-order valence-electron chi connectivity index (χ3n) is 6.09. The van der Waals surface area contributed by atoms with Crippen molar-refractivity contribution in [2.45, 2.75) is 59.4 Å². The molecule has 3 rings (SSSR count). The standard InChI is InChI=1S/C24H31NO3/c1-15(2)24(5,6)21-14-20(13-18-11-12-28-22(18)21)25(16(3)4)19-9-7-17(8-10-19)23(26)27/h7-10,13-16H,11-12H2,1-6H3,(H,26,27). The average Bonchev–Trinajstić information content (AvgIpc) is 3.09. The summed E-state index contributed by atoms with van der Waals surface area (Å²) < 4.78 is 6.03. The number of anilines is 2. The number of aromatic carboxylic acids is 1. The van der Waals surface area contributed by atoms with E-state index in [9.17, 15) is 9.90 Å². The number of nitrogens with zero attached hydrogens (tertiary/aromatic N) is 1. The number of carboxylic acid groups (broad SMARTS) is 1. The van der Waals surface area contributed by atoms with Gasteiger partial charge in [-0.1, -0.05) is 27.7 Å². The van der Waals surface area contributed by atoms with Gasteiger partial charge in [0.05, 0.1) is 12.2 Å². The Morgan fingerprint density at radius 1 is 1.07 bits per heavy atom. The molecule has 28 heavy (non-hydrogen) atoms. The first-order chi connectivity index (χ1) is 13.1. The maximum atomic E-state index is 11.2. The maximum Gasteiger partial charge on any atom is 0.335 e. The highest BCUT2D eigenvalue weighted by Crippen LogP contribution is 2.45. The predicted octanol–water partition coefficient (Wildman–Crippen LogP) is 5.80. The van der Waals surface area contributed by atoms with Gasteiger partial charge < -0.3 is 14.7 Å². The van der Waals surface area contributed by atoms with Crippen LogP contribution in [0.5, 0.6) is 5.75 Å². The van der Waals surface area contributed by atoms with Gasteiger partial charge in [-0.05, 0) is 67.1 Å². The second-order valence-corrected chi connectivity index (χ2v) is 8.77. The lowest BCUT2D eigenvalue weighted by Gasteiger charge is -2.35. The molecule has 1 aliphatic heterocycles. The van der Waals surface area contributed by atoms with Crippen molar-refractivity contribution in [1.82, 2.24) is 0 Å². The highest BCUT2D eigenvalue weighted by Gasteiger charge is 2.32. The first-order valence-corrected chi connectivity index (χ1v) is 10.1. The molecular weight excluding hydrogens is 350 g/mol. The first kappa shape index (κ1) is 20.2. The zero-order valence-electron chi connectivity index (χ0n) is 17.7. The molecule has 2 aromatic carbocycles. The molecule has 0 aromatic heterocycles. The van der Waals surface area contributed by atoms with Crippen molar-refractivity contribution in [3.05, 3.63) is 53.1 Å². The zero-order valence-corrected chi connectivity index (χ0v) is 17.7. The summed E-state index contributed by atoms with van der Waals surface area (Å²) in [6.07, 6.45) is 0.925. The minimum Gasteiger partial charge on any atom is -0.493 e. The van der Waals surface area contributed by atoms with Crippen LogP contribution in [0.15, 0.2) is 36.4 Å². The van der Waals surface area contributed by atoms with E-state index in [4.69, 9.17) is 4.74 Å². The third kappa shape index (κ3) is 3.60. The molecular formula is C24H31NO3. The number of ether oxygens (including phenoxy) is 1. The first-order valence-electron chi connectivity index (χ1n) is 10.1. The molecule has 0 bridgehead atoms. The van der Waals surface area contributed by atoms with Gasteiger partial charge in [0.15, 0.2) is 0 Å². The van der Waals surface area contributed by atoms with Gasteiger partial charge in [0, 0.05) is 29.4 Å². The summed E-state index contributed by atoms with van der Waals surface area (Å²) in [6, 6.07) is 11.8. The smallest absolute Gasteiger partial charge is 0.335 e. The lowest BCUT2D eigenvalue weighted by molar-refractivity contribution is 0.0697. The van der Waals surface area contributed by atoms with E-state index in [-0.39, 0.29) is 11.5 Å². The van der Waals surface area contributed by atoms with Crippen LogP contribution in [0.4, 0.5) is 11.4 Å². The minimum atomic E-state index is -0.904. The monoisotopic (exact) mass is 381 g/mol. The Kier molecular flexibility index (Phi) is 5.42. The number of rotatable bonds is 6. The summed E-state index contributed by atoms with van der Waals surface area (Å²) in [5.41, 5.74) is 4.92. The Hall–Kier alpha value is -2.49. The summed E-state index contributed by atoms with van der Waals surface area (Å²) in [7, 11) is 0. The lowest BCUT2D eigenvalue weighted by atomic mass is 9.74. The maximum absolute atomic E-state index is 11.2. The highest BCUT2D eigenvalue weighted by atomic mass is 16.5. The van der Waals surface area contributed by atoms with Gasteiger partial charge in [-0.2, -0.15) is 0 Å². The summed E-state index contributed by atoms with van der Waals surface area (Å²) in [5, 5.41) is 9.20. The second kappa shape index (κ2) is 7.50. The molecule has 1 aliphatic rings. The van der Waals surface area contributed by atoms with E-state index in [1.54, 1.807) is 12.1 Å². The van der Waals surface area contributed by atoms with Crippen LogP contribution in [0.3, 0.4) is 0 Å². The summed E-state index contributed by atoms with van der Waals surface area (Å²) in [5.74, 6) is 0.615. The predicted molar refractivity (Wildman–Crippen MR) is 114 cm³/mol. The molecule has 0 radical (unpaired) electrons. The van der Waals surface area contributed by atoms with E-state index in [2.05, 4.69) is 58.6 Å². The lowest BCUT2D eigenvalue weighted by Crippen LogP contribution is -2.28. The quantitative estimate of drug-likeness (QED) is 0.687. The Bertz CT molecular complexity index is 866. The molecule has 2 aromatic rings. The second-order valence-electron chi connectivity index (χ2n) is 8.77. The number of carbonyl (C=O) groups is 1.